The number of rotatable bonds is 2. The number of aliphatic hydroxyl groups is 1. The summed E-state index contributed by atoms with van der Waals surface area (Å²) in [5, 5.41) is 9.28. The Morgan fingerprint density at radius 2 is 2.00 bits per heavy atom. The van der Waals surface area contributed by atoms with Crippen molar-refractivity contribution >= 4 is 0 Å². The first-order chi connectivity index (χ1) is 3.50. The van der Waals surface area contributed by atoms with Gasteiger partial charge in [-0.3, -0.25) is 0 Å². The molecule has 0 aromatic heterocycles. The van der Waals surface area contributed by atoms with Gasteiger partial charge in [0.15, 0.2) is 0 Å². The normalized spacial score (nSPS) is 18.1. The summed E-state index contributed by atoms with van der Waals surface area (Å²) in [5.74, 6) is 0.250. The second kappa shape index (κ2) is 2.31. The molecule has 1 heteroatoms. The Morgan fingerprint density at radius 3 is 2.00 bits per heavy atom. The molecule has 1 unspecified atom stereocenters. The quantitative estimate of drug-likeness (QED) is 0.540. The third-order valence-corrected chi connectivity index (χ3v) is 1.58. The first kappa shape index (κ1) is 7.70. The first-order valence-electron chi connectivity index (χ1n) is 2.86. The number of hydrogen-bond acceptors (Lipinski definition) is 1. The van der Waals surface area contributed by atoms with Crippen molar-refractivity contribution in [2.45, 2.75) is 26.4 Å². The third kappa shape index (κ3) is 1.66. The fourth-order valence-electron chi connectivity index (χ4n) is 0.236. The van der Waals surface area contributed by atoms with E-state index in [4.69, 9.17) is 0 Å². The van der Waals surface area contributed by atoms with E-state index in [9.17, 15) is 5.11 Å². The highest BCUT2D eigenvalue weighted by Crippen LogP contribution is 2.15. The molecule has 1 N–H and O–H groups in total. The van der Waals surface area contributed by atoms with E-state index in [1.165, 1.54) is 0 Å². The lowest BCUT2D eigenvalue weighted by Gasteiger charge is -2.22. The van der Waals surface area contributed by atoms with Gasteiger partial charge in [0, 0.05) is 0 Å². The van der Waals surface area contributed by atoms with Gasteiger partial charge in [-0.2, -0.15) is 0 Å². The van der Waals surface area contributed by atoms with Gasteiger partial charge in [0.2, 0.25) is 0 Å². The zero-order valence-electron chi connectivity index (χ0n) is 5.81. The van der Waals surface area contributed by atoms with E-state index in [1.54, 1.807) is 13.0 Å². The molecule has 0 rings (SSSR count). The molecule has 0 fully saturated rings. The molecule has 1 nitrogen and oxygen atoms in total. The van der Waals surface area contributed by atoms with Crippen LogP contribution < -0.4 is 0 Å². The van der Waals surface area contributed by atoms with Crippen molar-refractivity contribution in [3.05, 3.63) is 12.7 Å². The van der Waals surface area contributed by atoms with Crippen LogP contribution in [0.5, 0.6) is 0 Å². The molecule has 0 aromatic rings. The predicted molar refractivity (Wildman–Crippen MR) is 35.7 cm³/mol. The van der Waals surface area contributed by atoms with E-state index in [0.29, 0.717) is 0 Å². The summed E-state index contributed by atoms with van der Waals surface area (Å²) < 4.78 is 0. The zero-order valence-corrected chi connectivity index (χ0v) is 5.81. The molecule has 0 aliphatic heterocycles. The molecule has 0 saturated heterocycles. The molecular formula is C7H14O. The third-order valence-electron chi connectivity index (χ3n) is 1.58. The fraction of sp³-hybridized carbons (Fsp3) is 0.714. The number of hydrogen-bond donors (Lipinski definition) is 1. The minimum absolute atomic E-state index is 0.250. The second-order valence-corrected chi connectivity index (χ2v) is 2.58. The van der Waals surface area contributed by atoms with Crippen molar-refractivity contribution in [1.29, 1.82) is 0 Å². The summed E-state index contributed by atoms with van der Waals surface area (Å²) in [5.41, 5.74) is -0.694. The molecule has 0 heterocycles. The van der Waals surface area contributed by atoms with Gasteiger partial charge in [-0.1, -0.05) is 19.9 Å². The first-order valence-corrected chi connectivity index (χ1v) is 2.86. The maximum atomic E-state index is 9.28. The summed E-state index contributed by atoms with van der Waals surface area (Å²) in [6.07, 6.45) is 1.57. The minimum atomic E-state index is -0.694. The Morgan fingerprint density at radius 1 is 1.62 bits per heavy atom. The Bertz CT molecular complexity index is 82.4. The Balaban J connectivity index is 3.90. The molecule has 0 saturated carbocycles. The van der Waals surface area contributed by atoms with Crippen LogP contribution in [0.1, 0.15) is 20.8 Å². The van der Waals surface area contributed by atoms with Crippen molar-refractivity contribution in [3.8, 4) is 0 Å². The van der Waals surface area contributed by atoms with Crippen molar-refractivity contribution in [2.24, 2.45) is 5.92 Å². The molecule has 0 aromatic carbocycles. The molecule has 0 aliphatic rings. The molecule has 0 spiro atoms. The van der Waals surface area contributed by atoms with Gasteiger partial charge in [-0.05, 0) is 12.8 Å². The molecule has 1 atom stereocenters. The van der Waals surface area contributed by atoms with E-state index in [-0.39, 0.29) is 5.92 Å². The molecule has 0 bridgehead atoms. The van der Waals surface area contributed by atoms with Crippen LogP contribution in [0.3, 0.4) is 0 Å². The van der Waals surface area contributed by atoms with Gasteiger partial charge >= 0.3 is 0 Å². The minimum Gasteiger partial charge on any atom is -0.386 e. The van der Waals surface area contributed by atoms with E-state index in [2.05, 4.69) is 6.58 Å². The van der Waals surface area contributed by atoms with E-state index < -0.39 is 5.60 Å². The highest BCUT2D eigenvalue weighted by molar-refractivity contribution is 4.93. The fourth-order valence-corrected chi connectivity index (χ4v) is 0.236. The second-order valence-electron chi connectivity index (χ2n) is 2.58. The van der Waals surface area contributed by atoms with Crippen LogP contribution in [0.4, 0.5) is 0 Å². The average Bonchev–Trinajstić information content (AvgIpc) is 1.67. The van der Waals surface area contributed by atoms with E-state index >= 15 is 0 Å². The summed E-state index contributed by atoms with van der Waals surface area (Å²) >= 11 is 0. The smallest absolute Gasteiger partial charge is 0.0819 e. The van der Waals surface area contributed by atoms with E-state index in [1.807, 2.05) is 13.8 Å². The Hall–Kier alpha value is -0.300. The van der Waals surface area contributed by atoms with Crippen LogP contribution in [-0.4, -0.2) is 10.7 Å². The van der Waals surface area contributed by atoms with Gasteiger partial charge in [0.25, 0.3) is 0 Å². The summed E-state index contributed by atoms with van der Waals surface area (Å²) in [7, 11) is 0. The standard InChI is InChI=1S/C7H14O/c1-5-7(4,8)6(2)3/h5-6,8H,1H2,2-4H3. The summed E-state index contributed by atoms with van der Waals surface area (Å²) in [4.78, 5) is 0. The van der Waals surface area contributed by atoms with Gasteiger partial charge in [0.05, 0.1) is 5.60 Å². The van der Waals surface area contributed by atoms with Crippen LogP contribution in [-0.2, 0) is 0 Å². The zero-order chi connectivity index (χ0) is 6.78. The highest BCUT2D eigenvalue weighted by atomic mass is 16.3. The maximum absolute atomic E-state index is 9.28. The summed E-state index contributed by atoms with van der Waals surface area (Å²) in [6.45, 7) is 9.18. The Labute approximate surface area is 51.0 Å². The predicted octanol–water partition coefficient (Wildman–Crippen LogP) is 1.58. The van der Waals surface area contributed by atoms with Crippen LogP contribution in [0, 0.1) is 5.92 Å². The molecule has 48 valence electrons. The van der Waals surface area contributed by atoms with Crippen molar-refractivity contribution in [3.63, 3.8) is 0 Å². The lowest BCUT2D eigenvalue weighted by molar-refractivity contribution is 0.0630. The molecule has 8 heavy (non-hydrogen) atoms. The van der Waals surface area contributed by atoms with Crippen molar-refractivity contribution in [1.82, 2.24) is 0 Å². The lowest BCUT2D eigenvalue weighted by atomic mass is 9.93. The van der Waals surface area contributed by atoms with Gasteiger partial charge in [-0.15, -0.1) is 6.58 Å². The van der Waals surface area contributed by atoms with Crippen LogP contribution in [0.2, 0.25) is 0 Å². The topological polar surface area (TPSA) is 20.2 Å². The largest absolute Gasteiger partial charge is 0.386 e. The van der Waals surface area contributed by atoms with Gasteiger partial charge in [0.1, 0.15) is 0 Å². The molecule has 0 amide bonds. The van der Waals surface area contributed by atoms with Crippen molar-refractivity contribution < 1.29 is 5.11 Å². The van der Waals surface area contributed by atoms with E-state index in [0.717, 1.165) is 0 Å². The van der Waals surface area contributed by atoms with Crippen LogP contribution in [0.15, 0.2) is 12.7 Å². The van der Waals surface area contributed by atoms with Gasteiger partial charge < -0.3 is 5.11 Å². The molecular weight excluding hydrogens is 100 g/mol. The van der Waals surface area contributed by atoms with Crippen LogP contribution >= 0.6 is 0 Å². The summed E-state index contributed by atoms with van der Waals surface area (Å²) in [6, 6.07) is 0. The highest BCUT2D eigenvalue weighted by Gasteiger charge is 2.19. The average molecular weight is 114 g/mol. The molecule has 0 radical (unpaired) electrons. The Kier molecular flexibility index (Phi) is 2.23. The SMILES string of the molecule is C=CC(C)(O)C(C)C. The molecule has 0 aliphatic carbocycles. The monoisotopic (exact) mass is 114 g/mol. The van der Waals surface area contributed by atoms with Gasteiger partial charge in [-0.25, -0.2) is 0 Å². The maximum Gasteiger partial charge on any atom is 0.0819 e. The van der Waals surface area contributed by atoms with Crippen molar-refractivity contribution in [2.75, 3.05) is 0 Å². The lowest BCUT2D eigenvalue weighted by Crippen LogP contribution is -2.27. The van der Waals surface area contributed by atoms with Crippen LogP contribution in [0.25, 0.3) is 0 Å².